The van der Waals surface area contributed by atoms with Crippen LogP contribution >= 0.6 is 22.6 Å². The average Bonchev–Trinajstić information content (AvgIpc) is 3.14. The zero-order valence-electron chi connectivity index (χ0n) is 9.86. The molecule has 92 valence electrons. The Hall–Kier alpha value is -0.620. The van der Waals surface area contributed by atoms with Crippen molar-refractivity contribution in [1.29, 1.82) is 0 Å². The van der Waals surface area contributed by atoms with Crippen LogP contribution < -0.4 is 0 Å². The van der Waals surface area contributed by atoms with Gasteiger partial charge in [0.1, 0.15) is 0 Å². The fourth-order valence-corrected chi connectivity index (χ4v) is 2.43. The van der Waals surface area contributed by atoms with E-state index in [-0.39, 0.29) is 5.91 Å². The van der Waals surface area contributed by atoms with Crippen molar-refractivity contribution in [2.75, 3.05) is 20.3 Å². The van der Waals surface area contributed by atoms with E-state index in [2.05, 4.69) is 22.6 Å². The number of methoxy groups -OCH3 is 1. The maximum atomic E-state index is 12.4. The predicted octanol–water partition coefficient (Wildman–Crippen LogP) is 2.54. The lowest BCUT2D eigenvalue weighted by atomic mass is 10.2. The molecule has 0 aliphatic heterocycles. The van der Waals surface area contributed by atoms with Gasteiger partial charge >= 0.3 is 0 Å². The Balaban J connectivity index is 2.13. The molecule has 1 fully saturated rings. The molecule has 1 saturated carbocycles. The second-order valence-corrected chi connectivity index (χ2v) is 5.36. The highest BCUT2D eigenvalue weighted by Gasteiger charge is 2.33. The van der Waals surface area contributed by atoms with Crippen LogP contribution in [0.1, 0.15) is 23.2 Å². The molecule has 0 saturated heterocycles. The molecule has 1 amide bonds. The Bertz CT molecular complexity index is 404. The third-order valence-electron chi connectivity index (χ3n) is 2.89. The average molecular weight is 345 g/mol. The van der Waals surface area contributed by atoms with Crippen LogP contribution in [0.4, 0.5) is 0 Å². The summed E-state index contributed by atoms with van der Waals surface area (Å²) in [4.78, 5) is 14.4. The number of carbonyl (C=O) groups excluding carboxylic acids is 1. The quantitative estimate of drug-likeness (QED) is 0.768. The molecule has 3 nitrogen and oxygen atoms in total. The molecule has 0 atom stereocenters. The lowest BCUT2D eigenvalue weighted by Crippen LogP contribution is -2.36. The minimum atomic E-state index is 0.134. The molecular formula is C13H16INO2. The summed E-state index contributed by atoms with van der Waals surface area (Å²) in [5.74, 6) is 0.134. The van der Waals surface area contributed by atoms with E-state index in [9.17, 15) is 4.79 Å². The third kappa shape index (κ3) is 3.19. The highest BCUT2D eigenvalue weighted by Crippen LogP contribution is 2.28. The highest BCUT2D eigenvalue weighted by molar-refractivity contribution is 14.1. The Morgan fingerprint density at radius 2 is 2.18 bits per heavy atom. The monoisotopic (exact) mass is 345 g/mol. The van der Waals surface area contributed by atoms with E-state index >= 15 is 0 Å². The fraction of sp³-hybridized carbons (Fsp3) is 0.462. The number of hydrogen-bond donors (Lipinski definition) is 0. The molecule has 0 heterocycles. The SMILES string of the molecule is COCCN(C(=O)c1ccccc1I)C1CC1. The number of hydrogen-bond acceptors (Lipinski definition) is 2. The Morgan fingerprint density at radius 1 is 1.47 bits per heavy atom. The third-order valence-corrected chi connectivity index (χ3v) is 3.83. The summed E-state index contributed by atoms with van der Waals surface area (Å²) >= 11 is 2.21. The second kappa shape index (κ2) is 5.82. The summed E-state index contributed by atoms with van der Waals surface area (Å²) in [5, 5.41) is 0. The summed E-state index contributed by atoms with van der Waals surface area (Å²) in [6, 6.07) is 8.15. The summed E-state index contributed by atoms with van der Waals surface area (Å²) < 4.78 is 6.08. The molecule has 0 unspecified atom stereocenters. The lowest BCUT2D eigenvalue weighted by Gasteiger charge is -2.22. The molecule has 1 aliphatic rings. The zero-order chi connectivity index (χ0) is 12.3. The molecule has 1 aromatic rings. The number of nitrogens with zero attached hydrogens (tertiary/aromatic N) is 1. The number of amides is 1. The van der Waals surface area contributed by atoms with Crippen molar-refractivity contribution in [1.82, 2.24) is 4.90 Å². The van der Waals surface area contributed by atoms with Crippen molar-refractivity contribution >= 4 is 28.5 Å². The van der Waals surface area contributed by atoms with Crippen LogP contribution in [0.25, 0.3) is 0 Å². The Labute approximate surface area is 115 Å². The molecule has 2 rings (SSSR count). The first-order valence-corrected chi connectivity index (χ1v) is 6.86. The van der Waals surface area contributed by atoms with Crippen molar-refractivity contribution in [2.24, 2.45) is 0 Å². The molecule has 0 N–H and O–H groups in total. The van der Waals surface area contributed by atoms with Crippen LogP contribution in [-0.2, 0) is 4.74 Å². The van der Waals surface area contributed by atoms with Crippen molar-refractivity contribution in [3.63, 3.8) is 0 Å². The largest absolute Gasteiger partial charge is 0.383 e. The van der Waals surface area contributed by atoms with Gasteiger partial charge in [0.2, 0.25) is 0 Å². The molecule has 0 bridgehead atoms. The number of carbonyl (C=O) groups is 1. The van der Waals surface area contributed by atoms with E-state index in [0.29, 0.717) is 19.2 Å². The van der Waals surface area contributed by atoms with E-state index in [4.69, 9.17) is 4.74 Å². The maximum absolute atomic E-state index is 12.4. The fourth-order valence-electron chi connectivity index (χ4n) is 1.82. The molecule has 0 aromatic heterocycles. The van der Waals surface area contributed by atoms with Gasteiger partial charge in [-0.25, -0.2) is 0 Å². The van der Waals surface area contributed by atoms with Gasteiger partial charge in [-0.05, 0) is 47.6 Å². The summed E-state index contributed by atoms with van der Waals surface area (Å²) in [6.45, 7) is 1.29. The number of halogens is 1. The molecular weight excluding hydrogens is 329 g/mol. The van der Waals surface area contributed by atoms with Crippen LogP contribution in [0.5, 0.6) is 0 Å². The second-order valence-electron chi connectivity index (χ2n) is 4.20. The first-order valence-electron chi connectivity index (χ1n) is 5.78. The van der Waals surface area contributed by atoms with Gasteiger partial charge in [0.25, 0.3) is 5.91 Å². The van der Waals surface area contributed by atoms with E-state index in [1.165, 1.54) is 0 Å². The first-order chi connectivity index (χ1) is 8.24. The van der Waals surface area contributed by atoms with Crippen molar-refractivity contribution in [2.45, 2.75) is 18.9 Å². The number of ether oxygens (including phenoxy) is 1. The summed E-state index contributed by atoms with van der Waals surface area (Å²) in [6.07, 6.45) is 2.25. The van der Waals surface area contributed by atoms with E-state index < -0.39 is 0 Å². The highest BCUT2D eigenvalue weighted by atomic mass is 127. The predicted molar refractivity (Wildman–Crippen MR) is 75.1 cm³/mol. The van der Waals surface area contributed by atoms with Gasteiger partial charge in [0, 0.05) is 23.3 Å². The van der Waals surface area contributed by atoms with Gasteiger partial charge in [0.05, 0.1) is 12.2 Å². The minimum Gasteiger partial charge on any atom is -0.383 e. The standard InChI is InChI=1S/C13H16INO2/c1-17-9-8-15(10-6-7-10)13(16)11-4-2-3-5-12(11)14/h2-5,10H,6-9H2,1H3. The van der Waals surface area contributed by atoms with Crippen molar-refractivity contribution in [3.8, 4) is 0 Å². The normalized spacial score (nSPS) is 14.7. The van der Waals surface area contributed by atoms with Crippen LogP contribution in [0.2, 0.25) is 0 Å². The summed E-state index contributed by atoms with van der Waals surface area (Å²) in [7, 11) is 1.67. The van der Waals surface area contributed by atoms with Gasteiger partial charge in [-0.15, -0.1) is 0 Å². The minimum absolute atomic E-state index is 0.134. The van der Waals surface area contributed by atoms with E-state index in [1.54, 1.807) is 7.11 Å². The number of rotatable bonds is 5. The van der Waals surface area contributed by atoms with Crippen molar-refractivity contribution in [3.05, 3.63) is 33.4 Å². The van der Waals surface area contributed by atoms with Gasteiger partial charge in [-0.1, -0.05) is 12.1 Å². The smallest absolute Gasteiger partial charge is 0.255 e. The molecule has 4 heteroatoms. The number of benzene rings is 1. The molecule has 1 aliphatic carbocycles. The van der Waals surface area contributed by atoms with Gasteiger partial charge in [0.15, 0.2) is 0 Å². The topological polar surface area (TPSA) is 29.5 Å². The maximum Gasteiger partial charge on any atom is 0.255 e. The molecule has 0 radical (unpaired) electrons. The molecule has 1 aromatic carbocycles. The first kappa shape index (κ1) is 12.8. The van der Waals surface area contributed by atoms with E-state index in [0.717, 1.165) is 22.0 Å². The van der Waals surface area contributed by atoms with Gasteiger partial charge < -0.3 is 9.64 Å². The van der Waals surface area contributed by atoms with Crippen LogP contribution in [0.3, 0.4) is 0 Å². The van der Waals surface area contributed by atoms with Gasteiger partial charge in [-0.3, -0.25) is 4.79 Å². The Morgan fingerprint density at radius 3 is 2.76 bits per heavy atom. The lowest BCUT2D eigenvalue weighted by molar-refractivity contribution is 0.0679. The Kier molecular flexibility index (Phi) is 4.39. The van der Waals surface area contributed by atoms with Crippen molar-refractivity contribution < 1.29 is 9.53 Å². The molecule has 17 heavy (non-hydrogen) atoms. The van der Waals surface area contributed by atoms with Crippen LogP contribution in [0.15, 0.2) is 24.3 Å². The van der Waals surface area contributed by atoms with Crippen LogP contribution in [0, 0.1) is 3.57 Å². The van der Waals surface area contributed by atoms with E-state index in [1.807, 2.05) is 29.2 Å². The van der Waals surface area contributed by atoms with Crippen LogP contribution in [-0.4, -0.2) is 37.1 Å². The summed E-state index contributed by atoms with van der Waals surface area (Å²) in [5.41, 5.74) is 0.802. The molecule has 0 spiro atoms. The zero-order valence-corrected chi connectivity index (χ0v) is 12.0. The van der Waals surface area contributed by atoms with Gasteiger partial charge in [-0.2, -0.15) is 0 Å².